The van der Waals surface area contributed by atoms with E-state index in [1.807, 2.05) is 19.1 Å². The maximum absolute atomic E-state index is 13.1. The molecule has 6 heteroatoms. The van der Waals surface area contributed by atoms with Crippen molar-refractivity contribution >= 4 is 21.6 Å². The minimum atomic E-state index is -0.336. The van der Waals surface area contributed by atoms with Gasteiger partial charge in [0.05, 0.1) is 5.56 Å². The van der Waals surface area contributed by atoms with Crippen molar-refractivity contribution < 1.29 is 8.91 Å². The number of nitrogens with two attached hydrogens (primary N) is 1. The number of nitrogen functional groups attached to an aromatic ring is 1. The van der Waals surface area contributed by atoms with Crippen molar-refractivity contribution in [2.45, 2.75) is 6.92 Å². The summed E-state index contributed by atoms with van der Waals surface area (Å²) in [6, 6.07) is 9.87. The first-order valence-electron chi connectivity index (χ1n) is 6.20. The van der Waals surface area contributed by atoms with Gasteiger partial charge in [0.1, 0.15) is 5.82 Å². The van der Waals surface area contributed by atoms with Crippen LogP contribution in [0.1, 0.15) is 5.56 Å². The Hall–Kier alpha value is -2.21. The summed E-state index contributed by atoms with van der Waals surface area (Å²) in [5.41, 5.74) is 8.88. The van der Waals surface area contributed by atoms with Crippen molar-refractivity contribution in [1.29, 1.82) is 0 Å². The third-order valence-electron chi connectivity index (χ3n) is 3.04. The summed E-state index contributed by atoms with van der Waals surface area (Å²) >= 11 is 3.29. The van der Waals surface area contributed by atoms with E-state index in [-0.39, 0.29) is 5.82 Å². The molecule has 0 aliphatic carbocycles. The normalized spacial score (nSPS) is 10.8. The first-order chi connectivity index (χ1) is 10.0. The van der Waals surface area contributed by atoms with E-state index >= 15 is 0 Å². The van der Waals surface area contributed by atoms with Gasteiger partial charge < -0.3 is 10.3 Å². The highest BCUT2D eigenvalue weighted by atomic mass is 79.9. The van der Waals surface area contributed by atoms with Crippen LogP contribution < -0.4 is 5.73 Å². The van der Waals surface area contributed by atoms with Gasteiger partial charge in [-0.3, -0.25) is 0 Å². The molecule has 0 fully saturated rings. The van der Waals surface area contributed by atoms with Crippen molar-refractivity contribution in [3.63, 3.8) is 0 Å². The predicted octanol–water partition coefficient (Wildman–Crippen LogP) is 4.20. The standard InChI is InChI=1S/C15H11BrFN3O/c1-8-2-5-13(18)11(6-8)15-19-14(20-21-15)10-4-3-9(17)7-12(10)16/h2-7H,18H2,1H3. The number of anilines is 1. The summed E-state index contributed by atoms with van der Waals surface area (Å²) < 4.78 is 19.0. The molecule has 0 bridgehead atoms. The first-order valence-corrected chi connectivity index (χ1v) is 6.99. The second kappa shape index (κ2) is 5.29. The third-order valence-corrected chi connectivity index (χ3v) is 3.69. The summed E-state index contributed by atoms with van der Waals surface area (Å²) in [4.78, 5) is 4.33. The van der Waals surface area contributed by atoms with E-state index in [1.54, 1.807) is 12.1 Å². The van der Waals surface area contributed by atoms with Gasteiger partial charge in [0.2, 0.25) is 5.82 Å². The van der Waals surface area contributed by atoms with E-state index < -0.39 is 0 Å². The Bertz CT molecular complexity index is 816. The number of aromatic nitrogens is 2. The summed E-state index contributed by atoms with van der Waals surface area (Å²) in [7, 11) is 0. The number of halogens is 2. The molecule has 0 aliphatic heterocycles. The molecular weight excluding hydrogens is 337 g/mol. The lowest BCUT2D eigenvalue weighted by atomic mass is 10.1. The van der Waals surface area contributed by atoms with Crippen LogP contribution in [0.5, 0.6) is 0 Å². The third kappa shape index (κ3) is 2.67. The SMILES string of the molecule is Cc1ccc(N)c(-c2nc(-c3ccc(F)cc3Br)no2)c1. The number of rotatable bonds is 2. The van der Waals surface area contributed by atoms with E-state index in [4.69, 9.17) is 10.3 Å². The molecule has 0 saturated heterocycles. The van der Waals surface area contributed by atoms with Gasteiger partial charge in [-0.2, -0.15) is 4.98 Å². The Kier molecular flexibility index (Phi) is 3.47. The van der Waals surface area contributed by atoms with Gasteiger partial charge >= 0.3 is 0 Å². The topological polar surface area (TPSA) is 64.9 Å². The second-order valence-electron chi connectivity index (χ2n) is 4.64. The molecule has 0 saturated carbocycles. The lowest BCUT2D eigenvalue weighted by Gasteiger charge is -2.01. The van der Waals surface area contributed by atoms with Crippen LogP contribution in [0.2, 0.25) is 0 Å². The molecule has 0 atom stereocenters. The molecule has 0 amide bonds. The maximum Gasteiger partial charge on any atom is 0.260 e. The monoisotopic (exact) mass is 347 g/mol. The summed E-state index contributed by atoms with van der Waals surface area (Å²) in [6.07, 6.45) is 0. The van der Waals surface area contributed by atoms with Crippen LogP contribution >= 0.6 is 15.9 Å². The van der Waals surface area contributed by atoms with Crippen LogP contribution in [0, 0.1) is 12.7 Å². The van der Waals surface area contributed by atoms with Crippen LogP contribution in [0.3, 0.4) is 0 Å². The van der Waals surface area contributed by atoms with Gasteiger partial charge in [-0.25, -0.2) is 4.39 Å². The van der Waals surface area contributed by atoms with Gasteiger partial charge in [0.25, 0.3) is 5.89 Å². The predicted molar refractivity (Wildman–Crippen MR) is 82.0 cm³/mol. The quantitative estimate of drug-likeness (QED) is 0.705. The van der Waals surface area contributed by atoms with Crippen LogP contribution in [0.15, 0.2) is 45.4 Å². The van der Waals surface area contributed by atoms with Crippen molar-refractivity contribution in [3.05, 3.63) is 52.3 Å². The van der Waals surface area contributed by atoms with Gasteiger partial charge in [0.15, 0.2) is 0 Å². The van der Waals surface area contributed by atoms with Crippen molar-refractivity contribution in [2.75, 3.05) is 5.73 Å². The minimum absolute atomic E-state index is 0.336. The number of hydrogen-bond acceptors (Lipinski definition) is 4. The van der Waals surface area contributed by atoms with Gasteiger partial charge in [0, 0.05) is 15.7 Å². The van der Waals surface area contributed by atoms with Gasteiger partial charge in [-0.15, -0.1) is 0 Å². The number of hydrogen-bond donors (Lipinski definition) is 1. The molecule has 0 aliphatic rings. The van der Waals surface area contributed by atoms with E-state index in [2.05, 4.69) is 26.1 Å². The van der Waals surface area contributed by atoms with Crippen molar-refractivity contribution in [1.82, 2.24) is 10.1 Å². The molecule has 3 rings (SSSR count). The molecule has 21 heavy (non-hydrogen) atoms. The summed E-state index contributed by atoms with van der Waals surface area (Å²) in [6.45, 7) is 1.96. The second-order valence-corrected chi connectivity index (χ2v) is 5.49. The molecular formula is C15H11BrFN3O. The zero-order valence-corrected chi connectivity index (χ0v) is 12.7. The summed E-state index contributed by atoms with van der Waals surface area (Å²) in [5, 5.41) is 3.93. The van der Waals surface area contributed by atoms with E-state index in [1.165, 1.54) is 12.1 Å². The molecule has 0 unspecified atom stereocenters. The summed E-state index contributed by atoms with van der Waals surface area (Å²) in [5.74, 6) is 0.373. The molecule has 2 aromatic carbocycles. The van der Waals surface area contributed by atoms with Crippen molar-refractivity contribution in [3.8, 4) is 22.8 Å². The molecule has 2 N–H and O–H groups in total. The molecule has 1 heterocycles. The minimum Gasteiger partial charge on any atom is -0.398 e. The zero-order valence-electron chi connectivity index (χ0n) is 11.1. The number of aryl methyl sites for hydroxylation is 1. The Labute approximate surface area is 128 Å². The first kappa shape index (κ1) is 13.8. The van der Waals surface area contributed by atoms with Crippen LogP contribution in [-0.4, -0.2) is 10.1 Å². The van der Waals surface area contributed by atoms with Crippen LogP contribution in [0.25, 0.3) is 22.8 Å². The average Bonchev–Trinajstić information content (AvgIpc) is 2.91. The van der Waals surface area contributed by atoms with E-state index in [0.717, 1.165) is 5.56 Å². The van der Waals surface area contributed by atoms with Crippen LogP contribution in [-0.2, 0) is 0 Å². The highest BCUT2D eigenvalue weighted by molar-refractivity contribution is 9.10. The fourth-order valence-electron chi connectivity index (χ4n) is 1.97. The fraction of sp³-hybridized carbons (Fsp3) is 0.0667. The van der Waals surface area contributed by atoms with Crippen LogP contribution in [0.4, 0.5) is 10.1 Å². The Morgan fingerprint density at radius 3 is 2.71 bits per heavy atom. The molecule has 1 aromatic heterocycles. The Balaban J connectivity index is 2.06. The zero-order chi connectivity index (χ0) is 15.0. The Morgan fingerprint density at radius 1 is 1.14 bits per heavy atom. The average molecular weight is 348 g/mol. The van der Waals surface area contributed by atoms with E-state index in [0.29, 0.717) is 33.0 Å². The largest absolute Gasteiger partial charge is 0.398 e. The lowest BCUT2D eigenvalue weighted by Crippen LogP contribution is -1.91. The van der Waals surface area contributed by atoms with E-state index in [9.17, 15) is 4.39 Å². The Morgan fingerprint density at radius 2 is 1.95 bits per heavy atom. The fourth-order valence-corrected chi connectivity index (χ4v) is 2.50. The van der Waals surface area contributed by atoms with Crippen molar-refractivity contribution in [2.24, 2.45) is 0 Å². The number of benzene rings is 2. The highest BCUT2D eigenvalue weighted by Crippen LogP contribution is 2.30. The number of nitrogens with zero attached hydrogens (tertiary/aromatic N) is 2. The van der Waals surface area contributed by atoms with Gasteiger partial charge in [-0.1, -0.05) is 16.8 Å². The van der Waals surface area contributed by atoms with Gasteiger partial charge in [-0.05, 0) is 53.2 Å². The smallest absolute Gasteiger partial charge is 0.260 e. The maximum atomic E-state index is 13.1. The lowest BCUT2D eigenvalue weighted by molar-refractivity contribution is 0.432. The molecule has 0 spiro atoms. The molecule has 0 radical (unpaired) electrons. The molecule has 4 nitrogen and oxygen atoms in total. The highest BCUT2D eigenvalue weighted by Gasteiger charge is 2.15. The molecule has 106 valence electrons. The molecule has 3 aromatic rings.